The van der Waals surface area contributed by atoms with Crippen molar-refractivity contribution in [2.24, 2.45) is 0 Å². The van der Waals surface area contributed by atoms with Gasteiger partial charge in [0.2, 0.25) is 0 Å². The van der Waals surface area contributed by atoms with Gasteiger partial charge in [0, 0.05) is 17.3 Å². The fourth-order valence-electron chi connectivity index (χ4n) is 2.34. The number of aryl methyl sites for hydroxylation is 1. The number of methoxy groups -OCH3 is 1. The largest absolute Gasteiger partial charge is 0.497 e. The van der Waals surface area contributed by atoms with E-state index in [1.54, 1.807) is 54.4 Å². The molecule has 1 atom stereocenters. The Labute approximate surface area is 162 Å². The molecule has 2 aromatic rings. The Kier molecular flexibility index (Phi) is 6.91. The van der Waals surface area contributed by atoms with Crippen molar-refractivity contribution in [1.82, 2.24) is 9.78 Å². The SMILES string of the molecule is COc1ccc(-c2nn(CCC#N)cc2/C=C(\C#N)C(=O)O[C@@H](C)C#N)cc1. The summed E-state index contributed by atoms with van der Waals surface area (Å²) in [5.74, 6) is -0.210. The van der Waals surface area contributed by atoms with E-state index < -0.39 is 12.1 Å². The molecule has 0 N–H and O–H groups in total. The quantitative estimate of drug-likeness (QED) is 0.414. The van der Waals surface area contributed by atoms with Crippen LogP contribution in [0.25, 0.3) is 17.3 Å². The molecule has 0 saturated carbocycles. The Morgan fingerprint density at radius 3 is 2.57 bits per heavy atom. The van der Waals surface area contributed by atoms with Crippen LogP contribution < -0.4 is 4.74 Å². The topological polar surface area (TPSA) is 125 Å². The van der Waals surface area contributed by atoms with Gasteiger partial charge in [0.25, 0.3) is 0 Å². The Bertz CT molecular complexity index is 1000. The maximum absolute atomic E-state index is 12.1. The summed E-state index contributed by atoms with van der Waals surface area (Å²) < 4.78 is 11.6. The monoisotopic (exact) mass is 375 g/mol. The van der Waals surface area contributed by atoms with Crippen LogP contribution in [0.15, 0.2) is 36.0 Å². The van der Waals surface area contributed by atoms with E-state index in [9.17, 15) is 10.1 Å². The predicted octanol–water partition coefficient (Wildman–Crippen LogP) is 2.83. The summed E-state index contributed by atoms with van der Waals surface area (Å²) in [5.41, 5.74) is 1.55. The van der Waals surface area contributed by atoms with E-state index in [1.807, 2.05) is 6.07 Å². The number of hydrogen-bond acceptors (Lipinski definition) is 7. The molecule has 0 saturated heterocycles. The van der Waals surface area contributed by atoms with Crippen LogP contribution in [0.1, 0.15) is 18.9 Å². The average molecular weight is 375 g/mol. The lowest BCUT2D eigenvalue weighted by molar-refractivity contribution is -0.140. The lowest BCUT2D eigenvalue weighted by Crippen LogP contribution is -2.14. The molecule has 2 rings (SSSR count). The molecular formula is C20H17N5O3. The number of benzene rings is 1. The predicted molar refractivity (Wildman–Crippen MR) is 99.2 cm³/mol. The summed E-state index contributed by atoms with van der Waals surface area (Å²) in [7, 11) is 1.56. The minimum atomic E-state index is -0.969. The van der Waals surface area contributed by atoms with Crippen molar-refractivity contribution in [1.29, 1.82) is 15.8 Å². The first-order valence-corrected chi connectivity index (χ1v) is 8.33. The molecule has 0 bridgehead atoms. The number of rotatable bonds is 7. The van der Waals surface area contributed by atoms with Crippen LogP contribution in [-0.4, -0.2) is 29.0 Å². The van der Waals surface area contributed by atoms with E-state index in [4.69, 9.17) is 20.0 Å². The number of carbonyl (C=O) groups excluding carboxylic acids is 1. The summed E-state index contributed by atoms with van der Waals surface area (Å²) in [6.45, 7) is 1.78. The Morgan fingerprint density at radius 1 is 1.29 bits per heavy atom. The highest BCUT2D eigenvalue weighted by atomic mass is 16.5. The highest BCUT2D eigenvalue weighted by Gasteiger charge is 2.17. The van der Waals surface area contributed by atoms with Gasteiger partial charge in [-0.15, -0.1) is 0 Å². The fourth-order valence-corrected chi connectivity index (χ4v) is 2.34. The van der Waals surface area contributed by atoms with Crippen LogP contribution in [0, 0.1) is 34.0 Å². The molecule has 0 fully saturated rings. The molecule has 0 unspecified atom stereocenters. The Morgan fingerprint density at radius 2 is 2.00 bits per heavy atom. The van der Waals surface area contributed by atoms with E-state index in [1.165, 1.54) is 13.0 Å². The first-order valence-electron chi connectivity index (χ1n) is 8.33. The van der Waals surface area contributed by atoms with Crippen molar-refractivity contribution in [3.05, 3.63) is 41.6 Å². The van der Waals surface area contributed by atoms with E-state index in [0.717, 1.165) is 5.56 Å². The maximum atomic E-state index is 12.1. The minimum absolute atomic E-state index is 0.253. The van der Waals surface area contributed by atoms with Crippen molar-refractivity contribution in [3.8, 4) is 35.2 Å². The third-order valence-electron chi connectivity index (χ3n) is 3.71. The minimum Gasteiger partial charge on any atom is -0.497 e. The Balaban J connectivity index is 2.46. The van der Waals surface area contributed by atoms with E-state index in [2.05, 4.69) is 5.10 Å². The standard InChI is InChI=1S/C20H17N5O3/c1-14(11-22)28-20(26)16(12-23)10-17-13-25(9-3-8-21)24-19(17)15-4-6-18(27-2)7-5-15/h4-7,10,13-14H,3,9H2,1-2H3/b16-10+/t14-/m0/s1. The zero-order valence-corrected chi connectivity index (χ0v) is 15.4. The summed E-state index contributed by atoms with van der Waals surface area (Å²) in [5, 5.41) is 31.4. The van der Waals surface area contributed by atoms with E-state index in [-0.39, 0.29) is 12.0 Å². The zero-order chi connectivity index (χ0) is 20.5. The molecule has 0 spiro atoms. The van der Waals surface area contributed by atoms with Gasteiger partial charge in [0.15, 0.2) is 6.10 Å². The van der Waals surface area contributed by atoms with Crippen LogP contribution in [0.3, 0.4) is 0 Å². The molecule has 28 heavy (non-hydrogen) atoms. The highest BCUT2D eigenvalue weighted by molar-refractivity contribution is 5.99. The summed E-state index contributed by atoms with van der Waals surface area (Å²) >= 11 is 0. The van der Waals surface area contributed by atoms with Crippen molar-refractivity contribution in [3.63, 3.8) is 0 Å². The van der Waals surface area contributed by atoms with Crippen LogP contribution in [0.5, 0.6) is 5.75 Å². The third-order valence-corrected chi connectivity index (χ3v) is 3.71. The molecule has 0 aliphatic carbocycles. The zero-order valence-electron chi connectivity index (χ0n) is 15.4. The summed E-state index contributed by atoms with van der Waals surface area (Å²) in [6.07, 6.45) is 2.31. The number of nitriles is 3. The van der Waals surface area contributed by atoms with Gasteiger partial charge >= 0.3 is 5.97 Å². The lowest BCUT2D eigenvalue weighted by atomic mass is 10.1. The van der Waals surface area contributed by atoms with Gasteiger partial charge in [-0.05, 0) is 37.3 Å². The van der Waals surface area contributed by atoms with Gasteiger partial charge in [-0.3, -0.25) is 4.68 Å². The third kappa shape index (κ3) is 4.97. The van der Waals surface area contributed by atoms with Crippen molar-refractivity contribution in [2.75, 3.05) is 7.11 Å². The molecule has 8 nitrogen and oxygen atoms in total. The first-order chi connectivity index (χ1) is 13.5. The fraction of sp³-hybridized carbons (Fsp3) is 0.250. The maximum Gasteiger partial charge on any atom is 0.350 e. The molecule has 0 radical (unpaired) electrons. The average Bonchev–Trinajstić information content (AvgIpc) is 3.12. The normalized spacial score (nSPS) is 11.6. The van der Waals surface area contributed by atoms with Crippen molar-refractivity contribution >= 4 is 12.0 Å². The molecule has 0 amide bonds. The highest BCUT2D eigenvalue weighted by Crippen LogP contribution is 2.26. The molecule has 1 heterocycles. The molecule has 8 heteroatoms. The van der Waals surface area contributed by atoms with Crippen LogP contribution >= 0.6 is 0 Å². The van der Waals surface area contributed by atoms with Crippen LogP contribution in [-0.2, 0) is 16.1 Å². The number of ether oxygens (including phenoxy) is 2. The van der Waals surface area contributed by atoms with Gasteiger partial charge in [-0.2, -0.15) is 20.9 Å². The summed E-state index contributed by atoms with van der Waals surface area (Å²) in [6, 6.07) is 12.8. The number of esters is 1. The van der Waals surface area contributed by atoms with Gasteiger partial charge in [0.05, 0.1) is 31.8 Å². The van der Waals surface area contributed by atoms with Crippen LogP contribution in [0.4, 0.5) is 0 Å². The number of carbonyl (C=O) groups is 1. The molecule has 0 aliphatic rings. The van der Waals surface area contributed by atoms with E-state index >= 15 is 0 Å². The molecule has 0 aliphatic heterocycles. The molecule has 1 aromatic carbocycles. The van der Waals surface area contributed by atoms with Crippen molar-refractivity contribution in [2.45, 2.75) is 26.0 Å². The number of hydrogen-bond donors (Lipinski definition) is 0. The summed E-state index contributed by atoms with van der Waals surface area (Å²) in [4.78, 5) is 12.1. The van der Waals surface area contributed by atoms with Gasteiger partial charge in [-0.1, -0.05) is 0 Å². The lowest BCUT2D eigenvalue weighted by Gasteiger charge is -2.05. The Hall–Kier alpha value is -4.09. The molecular weight excluding hydrogens is 358 g/mol. The second-order valence-electron chi connectivity index (χ2n) is 5.68. The molecule has 140 valence electrons. The number of nitrogens with zero attached hydrogens (tertiary/aromatic N) is 5. The van der Waals surface area contributed by atoms with Gasteiger partial charge in [-0.25, -0.2) is 4.79 Å². The van der Waals surface area contributed by atoms with Crippen LogP contribution in [0.2, 0.25) is 0 Å². The first kappa shape index (κ1) is 20.2. The number of aromatic nitrogens is 2. The van der Waals surface area contributed by atoms with Gasteiger partial charge in [0.1, 0.15) is 23.5 Å². The van der Waals surface area contributed by atoms with E-state index in [0.29, 0.717) is 23.6 Å². The van der Waals surface area contributed by atoms with Crippen molar-refractivity contribution < 1.29 is 14.3 Å². The second-order valence-corrected chi connectivity index (χ2v) is 5.68. The smallest absolute Gasteiger partial charge is 0.350 e. The second kappa shape index (κ2) is 9.56. The van der Waals surface area contributed by atoms with Gasteiger partial charge < -0.3 is 9.47 Å². The molecule has 1 aromatic heterocycles.